The SMILES string of the molecule is O=P(O)(O)OP(=O)(O)OP(=O)(O)OC[C@@H]1CC(F)(C(F)(F)F)[C@H](n2cc(F)c(=S)[nH]c2=S)O1. The summed E-state index contributed by atoms with van der Waals surface area (Å²) in [6.07, 6.45) is -11.5. The second-order valence-corrected chi connectivity index (χ2v) is 11.4. The lowest BCUT2D eigenvalue weighted by atomic mass is 9.99. The molecule has 1 aromatic heterocycles. The van der Waals surface area contributed by atoms with E-state index in [0.717, 1.165) is 0 Å². The molecule has 190 valence electrons. The summed E-state index contributed by atoms with van der Waals surface area (Å²) in [6, 6.07) is 0. The van der Waals surface area contributed by atoms with Gasteiger partial charge in [-0.25, -0.2) is 22.5 Å². The topological polar surface area (TPSA) is 190 Å². The number of alkyl halides is 4. The Morgan fingerprint density at radius 3 is 2.27 bits per heavy atom. The highest BCUT2D eigenvalue weighted by atomic mass is 32.1. The number of ether oxygens (including phenoxy) is 1. The van der Waals surface area contributed by atoms with Gasteiger partial charge >= 0.3 is 29.6 Å². The number of hydrogen-bond donors (Lipinski definition) is 5. The first-order valence-electron chi connectivity index (χ1n) is 7.86. The smallest absolute Gasteiger partial charge is 0.348 e. The minimum atomic E-state index is -5.90. The van der Waals surface area contributed by atoms with Crippen molar-refractivity contribution in [2.75, 3.05) is 6.61 Å². The highest BCUT2D eigenvalue weighted by Crippen LogP contribution is 2.66. The molecule has 5 atom stereocenters. The Bertz CT molecular complexity index is 1170. The van der Waals surface area contributed by atoms with Gasteiger partial charge in [0.25, 0.3) is 5.67 Å². The van der Waals surface area contributed by atoms with Gasteiger partial charge in [-0.1, -0.05) is 12.2 Å². The van der Waals surface area contributed by atoms with Crippen LogP contribution in [0.25, 0.3) is 0 Å². The van der Waals surface area contributed by atoms with E-state index in [4.69, 9.17) is 31.6 Å². The molecule has 33 heavy (non-hydrogen) atoms. The molecule has 0 aromatic carbocycles. The number of nitrogens with one attached hydrogen (secondary N) is 1. The Morgan fingerprint density at radius 2 is 1.76 bits per heavy atom. The van der Waals surface area contributed by atoms with Crippen LogP contribution in [-0.4, -0.2) is 53.7 Å². The maximum Gasteiger partial charge on any atom is 0.490 e. The van der Waals surface area contributed by atoms with E-state index >= 15 is 4.39 Å². The van der Waals surface area contributed by atoms with Crippen molar-refractivity contribution in [2.24, 2.45) is 0 Å². The van der Waals surface area contributed by atoms with E-state index in [2.05, 4.69) is 25.4 Å². The maximum atomic E-state index is 15.0. The minimum absolute atomic E-state index is 0.235. The molecule has 1 fully saturated rings. The van der Waals surface area contributed by atoms with Crippen LogP contribution in [0.1, 0.15) is 12.6 Å². The van der Waals surface area contributed by atoms with Crippen molar-refractivity contribution in [1.82, 2.24) is 9.55 Å². The molecular formula is C10H12F5N2O11P3S2. The molecule has 1 aliphatic rings. The van der Waals surface area contributed by atoms with E-state index in [1.54, 1.807) is 0 Å². The van der Waals surface area contributed by atoms with Gasteiger partial charge in [0.1, 0.15) is 4.64 Å². The molecule has 1 aromatic rings. The highest BCUT2D eigenvalue weighted by Gasteiger charge is 2.67. The third kappa shape index (κ3) is 7.27. The molecule has 2 heterocycles. The van der Waals surface area contributed by atoms with Crippen LogP contribution in [0.3, 0.4) is 0 Å². The molecule has 0 aliphatic carbocycles. The fourth-order valence-corrected chi connectivity index (χ4v) is 6.04. The van der Waals surface area contributed by atoms with Crippen molar-refractivity contribution in [3.63, 3.8) is 0 Å². The van der Waals surface area contributed by atoms with Crippen LogP contribution in [0.15, 0.2) is 6.20 Å². The zero-order chi connectivity index (χ0) is 25.6. The maximum absolute atomic E-state index is 15.0. The summed E-state index contributed by atoms with van der Waals surface area (Å²) in [5.41, 5.74) is -4.22. The standard InChI is InChI=1S/C10H12F5N2O11P3S2/c11-5-2-17(8(33)16-6(5)32)7-9(12,10(13,14)15)1-4(26-7)3-25-30(21,22)28-31(23,24)27-29(18,19)20/h2,4,7H,1,3H2,(H,21,22)(H,23,24)(H,16,32,33)(H2,18,19,20)/t4-,7+,9?/m0/s1. The summed E-state index contributed by atoms with van der Waals surface area (Å²) in [4.78, 5) is 37.3. The number of nitrogens with zero attached hydrogens (tertiary/aromatic N) is 1. The minimum Gasteiger partial charge on any atom is -0.348 e. The van der Waals surface area contributed by atoms with Gasteiger partial charge in [0, 0.05) is 12.6 Å². The zero-order valence-corrected chi connectivity index (χ0v) is 19.6. The van der Waals surface area contributed by atoms with E-state index in [9.17, 15) is 36.2 Å². The van der Waals surface area contributed by atoms with Gasteiger partial charge in [-0.3, -0.25) is 9.09 Å². The van der Waals surface area contributed by atoms with Crippen LogP contribution in [0.2, 0.25) is 0 Å². The normalized spacial score (nSPS) is 27.8. The fraction of sp³-hybridized carbons (Fsp3) is 0.600. The summed E-state index contributed by atoms with van der Waals surface area (Å²) in [5, 5.41) is 0. The van der Waals surface area contributed by atoms with Crippen LogP contribution in [0.4, 0.5) is 22.0 Å². The second-order valence-electron chi connectivity index (χ2n) is 6.21. The number of aromatic amines is 1. The van der Waals surface area contributed by atoms with E-state index in [1.807, 2.05) is 4.98 Å². The number of phosphoric acid groups is 3. The number of aromatic nitrogens is 2. The van der Waals surface area contributed by atoms with Crippen LogP contribution in [-0.2, 0) is 31.6 Å². The lowest BCUT2D eigenvalue weighted by Gasteiger charge is -2.29. The van der Waals surface area contributed by atoms with E-state index in [1.165, 1.54) is 0 Å². The molecule has 2 rings (SSSR count). The van der Waals surface area contributed by atoms with Gasteiger partial charge in [-0.15, -0.1) is 0 Å². The Labute approximate surface area is 189 Å². The van der Waals surface area contributed by atoms with Crippen molar-refractivity contribution >= 4 is 47.9 Å². The summed E-state index contributed by atoms with van der Waals surface area (Å²) in [5.74, 6) is -1.27. The summed E-state index contributed by atoms with van der Waals surface area (Å²) < 4.78 is 118. The summed E-state index contributed by atoms with van der Waals surface area (Å²) in [6.45, 7) is -1.37. The number of phosphoric ester groups is 1. The van der Waals surface area contributed by atoms with Gasteiger partial charge in [-0.2, -0.15) is 21.8 Å². The Kier molecular flexibility index (Phi) is 8.32. The molecule has 0 saturated carbocycles. The van der Waals surface area contributed by atoms with Crippen LogP contribution >= 0.6 is 47.9 Å². The zero-order valence-electron chi connectivity index (χ0n) is 15.3. The lowest BCUT2D eigenvalue weighted by molar-refractivity contribution is -0.256. The van der Waals surface area contributed by atoms with Crippen molar-refractivity contribution in [2.45, 2.75) is 30.6 Å². The second kappa shape index (κ2) is 9.54. The van der Waals surface area contributed by atoms with Crippen LogP contribution in [0.5, 0.6) is 0 Å². The molecule has 5 N–H and O–H groups in total. The summed E-state index contributed by atoms with van der Waals surface area (Å²) in [7, 11) is -17.3. The largest absolute Gasteiger partial charge is 0.490 e. The molecule has 0 radical (unpaired) electrons. The number of rotatable bonds is 8. The average molecular weight is 588 g/mol. The molecule has 1 aliphatic heterocycles. The van der Waals surface area contributed by atoms with E-state index in [0.29, 0.717) is 6.20 Å². The molecule has 0 amide bonds. The Balaban J connectivity index is 2.25. The third-order valence-electron chi connectivity index (χ3n) is 3.73. The predicted molar refractivity (Wildman–Crippen MR) is 98.6 cm³/mol. The van der Waals surface area contributed by atoms with Crippen molar-refractivity contribution in [1.29, 1.82) is 0 Å². The van der Waals surface area contributed by atoms with Gasteiger partial charge < -0.3 is 29.3 Å². The number of halogens is 5. The van der Waals surface area contributed by atoms with E-state index in [-0.39, 0.29) is 4.57 Å². The first kappa shape index (κ1) is 28.8. The predicted octanol–water partition coefficient (Wildman–Crippen LogP) is 3.32. The molecule has 1 saturated heterocycles. The Hall–Kier alpha value is -0.460. The van der Waals surface area contributed by atoms with Crippen LogP contribution < -0.4 is 0 Å². The van der Waals surface area contributed by atoms with Gasteiger partial charge in [0.2, 0.25) is 0 Å². The number of H-pyrrole nitrogens is 1. The van der Waals surface area contributed by atoms with Crippen molar-refractivity contribution in [3.05, 3.63) is 21.4 Å². The summed E-state index contributed by atoms with van der Waals surface area (Å²) >= 11 is 9.24. The molecular weight excluding hydrogens is 576 g/mol. The van der Waals surface area contributed by atoms with Gasteiger partial charge in [-0.05, 0) is 12.2 Å². The average Bonchev–Trinajstić information content (AvgIpc) is 2.91. The first-order chi connectivity index (χ1) is 14.7. The van der Waals surface area contributed by atoms with Crippen molar-refractivity contribution in [3.8, 4) is 0 Å². The lowest BCUT2D eigenvalue weighted by Crippen LogP contribution is -2.45. The van der Waals surface area contributed by atoms with Gasteiger partial charge in [0.05, 0.1) is 12.7 Å². The molecule has 23 heteroatoms. The monoisotopic (exact) mass is 588 g/mol. The highest BCUT2D eigenvalue weighted by molar-refractivity contribution is 7.72. The van der Waals surface area contributed by atoms with Crippen LogP contribution in [0, 0.1) is 15.2 Å². The van der Waals surface area contributed by atoms with E-state index < -0.39 is 75.9 Å². The van der Waals surface area contributed by atoms with Crippen molar-refractivity contribution < 1.29 is 73.1 Å². The molecule has 0 bridgehead atoms. The van der Waals surface area contributed by atoms with Gasteiger partial charge in [0.15, 0.2) is 16.8 Å². The molecule has 13 nitrogen and oxygen atoms in total. The fourth-order valence-electron chi connectivity index (χ4n) is 2.53. The molecule has 3 unspecified atom stereocenters. The number of hydrogen-bond acceptors (Lipinski definition) is 9. The Morgan fingerprint density at radius 1 is 1.18 bits per heavy atom. The molecule has 0 spiro atoms. The quantitative estimate of drug-likeness (QED) is 0.169. The first-order valence-corrected chi connectivity index (χ1v) is 13.2. The third-order valence-corrected chi connectivity index (χ3v) is 8.14.